The zero-order valence-corrected chi connectivity index (χ0v) is 25.8. The summed E-state index contributed by atoms with van der Waals surface area (Å²) in [6, 6.07) is 18.4. The molecule has 3 N–H and O–H groups in total. The fourth-order valence-corrected chi connectivity index (χ4v) is 3.31. The summed E-state index contributed by atoms with van der Waals surface area (Å²) in [4.78, 5) is 15.0. The number of carbonyl (C=O) groups is 1. The summed E-state index contributed by atoms with van der Waals surface area (Å²) < 4.78 is 13.4. The van der Waals surface area contributed by atoms with Gasteiger partial charge in [0.1, 0.15) is 17.5 Å². The van der Waals surface area contributed by atoms with E-state index in [0.29, 0.717) is 28.8 Å². The molecule has 0 saturated carbocycles. The van der Waals surface area contributed by atoms with Crippen molar-refractivity contribution in [1.29, 1.82) is 5.26 Å². The summed E-state index contributed by atoms with van der Waals surface area (Å²) in [6.07, 6.45) is 3.33. The van der Waals surface area contributed by atoms with Gasteiger partial charge in [-0.15, -0.1) is 17.5 Å². The molecule has 1 aromatic heterocycles. The van der Waals surface area contributed by atoms with Crippen LogP contribution in [0.25, 0.3) is 0 Å². The van der Waals surface area contributed by atoms with E-state index in [4.69, 9.17) is 11.0 Å². The van der Waals surface area contributed by atoms with Crippen molar-refractivity contribution in [2.45, 2.75) is 46.5 Å². The number of nitrogens with two attached hydrogens (primary N) is 1. The molecule has 192 valence electrons. The monoisotopic (exact) mass is 526 g/mol. The molecule has 0 radical (unpaired) electrons. The SMILES string of the molecule is CCNc1cc(F)cc([C-](C)C(C)=O)c1C.N#Cc1ccc(N)cn1.[CH2-]CC(C[CH2-])c1ccccc1.[K+]. The third-order valence-electron chi connectivity index (χ3n) is 5.54. The van der Waals surface area contributed by atoms with Gasteiger partial charge in [-0.25, -0.2) is 9.37 Å². The number of hydrogen-bond acceptors (Lipinski definition) is 5. The van der Waals surface area contributed by atoms with Crippen LogP contribution < -0.4 is 62.4 Å². The number of anilines is 2. The average Bonchev–Trinajstić information content (AvgIpc) is 2.88. The molecular weight excluding hydrogens is 490 g/mol. The maximum absolute atomic E-state index is 13.4. The Balaban J connectivity index is 0.000000542. The number of Topliss-reactive ketones (excluding diaryl/α,β-unsaturated/α-hetero) is 1. The number of pyridine rings is 1. The van der Waals surface area contributed by atoms with Crippen LogP contribution in [0.15, 0.2) is 60.8 Å². The van der Waals surface area contributed by atoms with Crippen LogP contribution in [0.2, 0.25) is 0 Å². The van der Waals surface area contributed by atoms with Gasteiger partial charge in [-0.05, 0) is 43.3 Å². The Bertz CT molecular complexity index is 1110. The predicted molar refractivity (Wildman–Crippen MR) is 146 cm³/mol. The molecule has 5 nitrogen and oxygen atoms in total. The molecule has 0 fully saturated rings. The van der Waals surface area contributed by atoms with Gasteiger partial charge in [0.2, 0.25) is 0 Å². The summed E-state index contributed by atoms with van der Waals surface area (Å²) in [6.45, 7) is 15.6. The number of halogens is 1. The molecule has 3 rings (SSSR count). The summed E-state index contributed by atoms with van der Waals surface area (Å²) >= 11 is 0. The largest absolute Gasteiger partial charge is 1.00 e. The van der Waals surface area contributed by atoms with Crippen molar-refractivity contribution in [3.63, 3.8) is 0 Å². The molecule has 0 aliphatic rings. The van der Waals surface area contributed by atoms with E-state index < -0.39 is 0 Å². The number of benzene rings is 2. The van der Waals surface area contributed by atoms with Gasteiger partial charge >= 0.3 is 51.4 Å². The van der Waals surface area contributed by atoms with Crippen molar-refractivity contribution in [1.82, 2.24) is 4.98 Å². The number of rotatable bonds is 7. The minimum absolute atomic E-state index is 0. The minimum atomic E-state index is -0.322. The van der Waals surface area contributed by atoms with Crippen molar-refractivity contribution < 1.29 is 60.6 Å². The van der Waals surface area contributed by atoms with Gasteiger partial charge in [-0.3, -0.25) is 0 Å². The summed E-state index contributed by atoms with van der Waals surface area (Å²) in [7, 11) is 0. The van der Waals surface area contributed by atoms with Gasteiger partial charge in [0.25, 0.3) is 0 Å². The van der Waals surface area contributed by atoms with E-state index in [2.05, 4.69) is 48.4 Å². The molecule has 37 heavy (non-hydrogen) atoms. The molecule has 7 heteroatoms. The normalized spacial score (nSPS) is 9.49. The van der Waals surface area contributed by atoms with Crippen molar-refractivity contribution in [3.05, 3.63) is 109 Å². The molecule has 0 spiro atoms. The molecule has 0 amide bonds. The van der Waals surface area contributed by atoms with Gasteiger partial charge in [0.15, 0.2) is 0 Å². The van der Waals surface area contributed by atoms with Crippen LogP contribution in [-0.2, 0) is 4.79 Å². The van der Waals surface area contributed by atoms with Gasteiger partial charge in [0.05, 0.1) is 17.7 Å². The molecule has 0 bridgehead atoms. The fourth-order valence-electron chi connectivity index (χ4n) is 3.31. The second-order valence-electron chi connectivity index (χ2n) is 8.11. The van der Waals surface area contributed by atoms with E-state index in [1.807, 2.05) is 26.0 Å². The van der Waals surface area contributed by atoms with Crippen molar-refractivity contribution in [2.75, 3.05) is 17.6 Å². The Morgan fingerprint density at radius 1 is 1.19 bits per heavy atom. The first kappa shape index (κ1) is 34.8. The van der Waals surface area contributed by atoms with Crippen LogP contribution in [0.4, 0.5) is 15.8 Å². The maximum atomic E-state index is 13.4. The number of ketones is 1. The van der Waals surface area contributed by atoms with Crippen LogP contribution in [0.1, 0.15) is 61.9 Å². The van der Waals surface area contributed by atoms with E-state index >= 15 is 0 Å². The van der Waals surface area contributed by atoms with Gasteiger partial charge in [-0.2, -0.15) is 23.7 Å². The molecule has 0 atom stereocenters. The Kier molecular flexibility index (Phi) is 17.8. The molecule has 3 aromatic rings. The second kappa shape index (κ2) is 18.9. The van der Waals surface area contributed by atoms with Crippen molar-refractivity contribution in [2.24, 2.45) is 0 Å². The Morgan fingerprint density at radius 3 is 2.27 bits per heavy atom. The quantitative estimate of drug-likeness (QED) is 0.360. The zero-order chi connectivity index (χ0) is 27.1. The molecule has 2 aromatic carbocycles. The van der Waals surface area contributed by atoms with Crippen LogP contribution in [0, 0.1) is 43.8 Å². The number of nitrogens with one attached hydrogen (secondary N) is 1. The number of hydrogen-bond donors (Lipinski definition) is 2. The van der Waals surface area contributed by atoms with Crippen LogP contribution in [-0.4, -0.2) is 17.3 Å². The Labute approximate surface area is 264 Å². The van der Waals surface area contributed by atoms with E-state index in [-0.39, 0.29) is 63.0 Å². The maximum Gasteiger partial charge on any atom is 1.00 e. The zero-order valence-electron chi connectivity index (χ0n) is 22.6. The first-order chi connectivity index (χ1) is 17.2. The standard InChI is InChI=1S/C13H17FNO.C11H14.C6H5N3.K/c1-5-15-13-7-11(14)6-12(9(13)3)8(2)10(4)16;1-3-10(4-2)11-8-6-5-7-9-11;7-3-6-2-1-5(8)4-9-6;/h6-7,15H,5H2,1-4H3;5-10H,1-4H2;1-2,4H,8H2;/q-1;-2;;+1. The molecular formula is C30H36FKN4O-2. The van der Waals surface area contributed by atoms with Crippen LogP contribution in [0.3, 0.4) is 0 Å². The predicted octanol–water partition coefficient (Wildman–Crippen LogP) is 3.86. The van der Waals surface area contributed by atoms with Crippen molar-refractivity contribution in [3.8, 4) is 6.07 Å². The molecule has 0 unspecified atom stereocenters. The molecule has 1 heterocycles. The fraction of sp³-hybridized carbons (Fsp3) is 0.267. The average molecular weight is 527 g/mol. The number of nitrogens with zero attached hydrogens (tertiary/aromatic N) is 2. The first-order valence-electron chi connectivity index (χ1n) is 11.8. The van der Waals surface area contributed by atoms with Crippen LogP contribution in [0.5, 0.6) is 0 Å². The smallest absolute Gasteiger partial charge is 0.397 e. The second-order valence-corrected chi connectivity index (χ2v) is 8.11. The first-order valence-corrected chi connectivity index (χ1v) is 11.8. The topological polar surface area (TPSA) is 91.8 Å². The van der Waals surface area contributed by atoms with Gasteiger partial charge < -0.3 is 29.7 Å². The van der Waals surface area contributed by atoms with E-state index in [9.17, 15) is 9.18 Å². The molecule has 0 saturated heterocycles. The third-order valence-corrected chi connectivity index (χ3v) is 5.54. The number of nitriles is 1. The molecule has 0 aliphatic carbocycles. The van der Waals surface area contributed by atoms with E-state index in [1.165, 1.54) is 30.8 Å². The summed E-state index contributed by atoms with van der Waals surface area (Å²) in [5.41, 5.74) is 9.98. The van der Waals surface area contributed by atoms with Crippen molar-refractivity contribution >= 4 is 17.2 Å². The van der Waals surface area contributed by atoms with Gasteiger partial charge in [-0.1, -0.05) is 50.1 Å². The number of aromatic nitrogens is 1. The van der Waals surface area contributed by atoms with E-state index in [0.717, 1.165) is 30.6 Å². The minimum Gasteiger partial charge on any atom is -0.397 e. The van der Waals surface area contributed by atoms with E-state index in [1.54, 1.807) is 19.1 Å². The Hall–Kier alpha value is -2.21. The number of nitrogen functional groups attached to an aromatic ring is 1. The Morgan fingerprint density at radius 2 is 1.81 bits per heavy atom. The summed E-state index contributed by atoms with van der Waals surface area (Å²) in [5, 5.41) is 11.4. The summed E-state index contributed by atoms with van der Waals surface area (Å²) in [5.74, 6) is 0.778. The van der Waals surface area contributed by atoms with Gasteiger partial charge in [0, 0.05) is 6.54 Å². The number of carbonyl (C=O) groups excluding carboxylic acids is 1. The third kappa shape index (κ3) is 12.3. The molecule has 0 aliphatic heterocycles. The van der Waals surface area contributed by atoms with Crippen LogP contribution >= 0.6 is 0 Å².